The van der Waals surface area contributed by atoms with Crippen LogP contribution in [0.3, 0.4) is 0 Å². The zero-order valence-electron chi connectivity index (χ0n) is 19.8. The van der Waals surface area contributed by atoms with Crippen molar-refractivity contribution in [2.45, 2.75) is 24.3 Å². The number of hydrogen-bond acceptors (Lipinski definition) is 6. The Bertz CT molecular complexity index is 1370. The fourth-order valence-corrected chi connectivity index (χ4v) is 5.17. The summed E-state index contributed by atoms with van der Waals surface area (Å²) in [6, 6.07) is 14.3. The van der Waals surface area contributed by atoms with E-state index in [1.807, 2.05) is 30.3 Å². The van der Waals surface area contributed by atoms with Gasteiger partial charge in [0.2, 0.25) is 15.9 Å². The van der Waals surface area contributed by atoms with E-state index in [9.17, 15) is 18.0 Å². The van der Waals surface area contributed by atoms with Gasteiger partial charge in [-0.3, -0.25) is 14.6 Å². The van der Waals surface area contributed by atoms with E-state index in [-0.39, 0.29) is 22.9 Å². The molecule has 2 aromatic carbocycles. The number of amides is 2. The molecule has 9 nitrogen and oxygen atoms in total. The van der Waals surface area contributed by atoms with E-state index in [0.717, 1.165) is 20.8 Å². The number of fused-ring (bicyclic) bond motifs is 1. The summed E-state index contributed by atoms with van der Waals surface area (Å²) in [5, 5.41) is 4.25. The largest absolute Gasteiger partial charge is 0.381 e. The molecular formula is C25H29N5O4S. The molecule has 1 saturated heterocycles. The van der Waals surface area contributed by atoms with Crippen molar-refractivity contribution >= 4 is 38.4 Å². The third-order valence-corrected chi connectivity index (χ3v) is 8.00. The molecule has 0 saturated carbocycles. The highest BCUT2D eigenvalue weighted by Crippen LogP contribution is 2.25. The quantitative estimate of drug-likeness (QED) is 0.519. The summed E-state index contributed by atoms with van der Waals surface area (Å²) in [6.45, 7) is 1.14. The van der Waals surface area contributed by atoms with Gasteiger partial charge in [0.1, 0.15) is 0 Å². The molecule has 10 heteroatoms. The first-order valence-electron chi connectivity index (χ1n) is 11.4. The number of sulfonamides is 1. The maximum atomic E-state index is 13.3. The highest BCUT2D eigenvalue weighted by molar-refractivity contribution is 7.89. The first-order valence-corrected chi connectivity index (χ1v) is 12.8. The van der Waals surface area contributed by atoms with Crippen LogP contribution in [0.4, 0.5) is 5.69 Å². The number of hydrogen-bond donors (Lipinski definition) is 2. The third-order valence-electron chi connectivity index (χ3n) is 6.21. The number of nitrogens with one attached hydrogen (secondary N) is 1. The van der Waals surface area contributed by atoms with Gasteiger partial charge in [-0.15, -0.1) is 0 Å². The number of pyridine rings is 1. The number of nitrogens with two attached hydrogens (primary N) is 1. The van der Waals surface area contributed by atoms with E-state index in [4.69, 9.17) is 5.73 Å². The first-order chi connectivity index (χ1) is 16.6. The second-order valence-electron chi connectivity index (χ2n) is 8.91. The second-order valence-corrected chi connectivity index (χ2v) is 11.1. The molecule has 1 unspecified atom stereocenters. The average Bonchev–Trinajstić information content (AvgIpc) is 2.86. The topological polar surface area (TPSA) is 126 Å². The SMILES string of the molecule is CN(C)S(=O)(=O)c1cc(NCc2ccc3ncccc3c2)cc(C(=O)N2CCCC(C(N)=O)C2)c1. The molecule has 3 N–H and O–H groups in total. The number of aromatic nitrogens is 1. The lowest BCUT2D eigenvalue weighted by Gasteiger charge is -2.31. The molecule has 4 rings (SSSR count). The summed E-state index contributed by atoms with van der Waals surface area (Å²) in [4.78, 5) is 30.9. The van der Waals surface area contributed by atoms with Crippen LogP contribution in [0.25, 0.3) is 10.9 Å². The predicted octanol–water partition coefficient (Wildman–Crippen LogP) is 2.43. The van der Waals surface area contributed by atoms with E-state index < -0.39 is 21.8 Å². The molecule has 1 atom stereocenters. The van der Waals surface area contributed by atoms with Gasteiger partial charge >= 0.3 is 0 Å². The first kappa shape index (κ1) is 24.6. The maximum absolute atomic E-state index is 13.3. The Morgan fingerprint density at radius 3 is 2.71 bits per heavy atom. The number of piperidine rings is 1. The molecule has 1 fully saturated rings. The summed E-state index contributed by atoms with van der Waals surface area (Å²) >= 11 is 0. The molecule has 184 valence electrons. The lowest BCUT2D eigenvalue weighted by Crippen LogP contribution is -2.44. The second kappa shape index (κ2) is 10.0. The van der Waals surface area contributed by atoms with Gasteiger partial charge in [0, 0.05) is 56.6 Å². The van der Waals surface area contributed by atoms with Crippen LogP contribution in [0.15, 0.2) is 59.6 Å². The van der Waals surface area contributed by atoms with Crippen molar-refractivity contribution < 1.29 is 18.0 Å². The van der Waals surface area contributed by atoms with E-state index in [1.165, 1.54) is 26.2 Å². The molecule has 0 radical (unpaired) electrons. The van der Waals surface area contributed by atoms with Gasteiger partial charge in [0.25, 0.3) is 5.91 Å². The highest BCUT2D eigenvalue weighted by Gasteiger charge is 2.29. The van der Waals surface area contributed by atoms with Gasteiger partial charge in [-0.2, -0.15) is 0 Å². The van der Waals surface area contributed by atoms with Crippen molar-refractivity contribution in [2.24, 2.45) is 11.7 Å². The summed E-state index contributed by atoms with van der Waals surface area (Å²) in [6.07, 6.45) is 3.04. The molecule has 0 aliphatic carbocycles. The molecule has 1 aliphatic rings. The Kier molecular flexibility index (Phi) is 7.04. The normalized spacial score (nSPS) is 16.4. The van der Waals surface area contributed by atoms with Gasteiger partial charge in [0.05, 0.1) is 16.3 Å². The predicted molar refractivity (Wildman–Crippen MR) is 134 cm³/mol. The molecule has 2 amide bonds. The van der Waals surface area contributed by atoms with Crippen molar-refractivity contribution in [3.63, 3.8) is 0 Å². The van der Waals surface area contributed by atoms with Crippen LogP contribution in [-0.2, 0) is 21.4 Å². The number of nitrogens with zero attached hydrogens (tertiary/aromatic N) is 3. The lowest BCUT2D eigenvalue weighted by atomic mass is 9.97. The summed E-state index contributed by atoms with van der Waals surface area (Å²) in [5.41, 5.74) is 8.08. The standard InChI is InChI=1S/C25H29N5O4S/c1-29(2)35(33,34)22-13-20(25(32)30-10-4-6-19(16-30)24(26)31)12-21(14-22)28-15-17-7-8-23-18(11-17)5-3-9-27-23/h3,5,7-9,11-14,19,28H,4,6,10,15-16H2,1-2H3,(H2,26,31). The summed E-state index contributed by atoms with van der Waals surface area (Å²) in [7, 11) is -0.889. The molecule has 1 aliphatic heterocycles. The molecule has 3 aromatic rings. The number of anilines is 1. The Labute approximate surface area is 205 Å². The Morgan fingerprint density at radius 2 is 1.97 bits per heavy atom. The van der Waals surface area contributed by atoms with Crippen LogP contribution in [0.1, 0.15) is 28.8 Å². The van der Waals surface area contributed by atoms with Crippen LogP contribution in [0, 0.1) is 5.92 Å². The minimum absolute atomic E-state index is 0.0158. The molecule has 0 spiro atoms. The maximum Gasteiger partial charge on any atom is 0.253 e. The average molecular weight is 496 g/mol. The van der Waals surface area contributed by atoms with E-state index in [2.05, 4.69) is 10.3 Å². The number of carbonyl (C=O) groups is 2. The number of carbonyl (C=O) groups excluding carboxylic acids is 2. The summed E-state index contributed by atoms with van der Waals surface area (Å²) in [5.74, 6) is -1.16. The Balaban J connectivity index is 1.63. The number of likely N-dealkylation sites (tertiary alicyclic amines) is 1. The third kappa shape index (κ3) is 5.44. The molecule has 35 heavy (non-hydrogen) atoms. The zero-order valence-corrected chi connectivity index (χ0v) is 20.6. The van der Waals surface area contributed by atoms with Crippen LogP contribution in [0.2, 0.25) is 0 Å². The van der Waals surface area contributed by atoms with Gasteiger partial charge < -0.3 is 16.0 Å². The van der Waals surface area contributed by atoms with Crippen molar-refractivity contribution in [3.05, 3.63) is 65.9 Å². The highest BCUT2D eigenvalue weighted by atomic mass is 32.2. The van der Waals surface area contributed by atoms with Crippen LogP contribution in [-0.4, -0.2) is 61.6 Å². The number of benzene rings is 2. The van der Waals surface area contributed by atoms with Crippen LogP contribution in [0.5, 0.6) is 0 Å². The number of rotatable bonds is 7. The van der Waals surface area contributed by atoms with Crippen molar-refractivity contribution in [3.8, 4) is 0 Å². The van der Waals surface area contributed by atoms with Gasteiger partial charge in [-0.1, -0.05) is 12.1 Å². The van der Waals surface area contributed by atoms with E-state index in [0.29, 0.717) is 31.6 Å². The fourth-order valence-electron chi connectivity index (χ4n) is 4.20. The van der Waals surface area contributed by atoms with Crippen molar-refractivity contribution in [2.75, 3.05) is 32.5 Å². The van der Waals surface area contributed by atoms with Gasteiger partial charge in [-0.05, 0) is 54.8 Å². The minimum Gasteiger partial charge on any atom is -0.381 e. The van der Waals surface area contributed by atoms with E-state index >= 15 is 0 Å². The smallest absolute Gasteiger partial charge is 0.253 e. The molecular weight excluding hydrogens is 466 g/mol. The summed E-state index contributed by atoms with van der Waals surface area (Å²) < 4.78 is 26.9. The Hall–Kier alpha value is -3.50. The van der Waals surface area contributed by atoms with Crippen LogP contribution >= 0.6 is 0 Å². The zero-order chi connectivity index (χ0) is 25.2. The molecule has 2 heterocycles. The van der Waals surface area contributed by atoms with Crippen molar-refractivity contribution in [1.82, 2.24) is 14.2 Å². The molecule has 1 aromatic heterocycles. The minimum atomic E-state index is -3.78. The molecule has 0 bridgehead atoms. The van der Waals surface area contributed by atoms with Crippen molar-refractivity contribution in [1.29, 1.82) is 0 Å². The lowest BCUT2D eigenvalue weighted by molar-refractivity contribution is -0.123. The van der Waals surface area contributed by atoms with E-state index in [1.54, 1.807) is 17.2 Å². The fraction of sp³-hybridized carbons (Fsp3) is 0.320. The van der Waals surface area contributed by atoms with Crippen LogP contribution < -0.4 is 11.1 Å². The monoisotopic (exact) mass is 495 g/mol. The Morgan fingerprint density at radius 1 is 1.17 bits per heavy atom. The number of primary amides is 1. The van der Waals surface area contributed by atoms with Gasteiger partial charge in [0.15, 0.2) is 0 Å². The van der Waals surface area contributed by atoms with Gasteiger partial charge in [-0.25, -0.2) is 12.7 Å².